The number of carbonyl (C=O) groups excluding carboxylic acids is 1. The van der Waals surface area contributed by atoms with Gasteiger partial charge in [-0.25, -0.2) is 4.79 Å². The molecule has 1 amide bonds. The Balaban J connectivity index is 2.46. The molecule has 1 saturated heterocycles. The molecular formula is C9H17NO3. The fraction of sp³-hybridized carbons (Fsp3) is 0.889. The zero-order valence-corrected chi connectivity index (χ0v) is 8.45. The quantitative estimate of drug-likeness (QED) is 0.617. The summed E-state index contributed by atoms with van der Waals surface area (Å²) in [6.45, 7) is 6.06. The van der Waals surface area contributed by atoms with E-state index in [9.17, 15) is 4.79 Å². The van der Waals surface area contributed by atoms with E-state index >= 15 is 0 Å². The van der Waals surface area contributed by atoms with E-state index < -0.39 is 0 Å². The molecule has 0 aromatic rings. The third kappa shape index (κ3) is 2.59. The molecule has 0 saturated carbocycles. The molecule has 76 valence electrons. The predicted octanol–water partition coefficient (Wildman–Crippen LogP) is 1.11. The fourth-order valence-electron chi connectivity index (χ4n) is 1.37. The fourth-order valence-corrected chi connectivity index (χ4v) is 1.37. The lowest BCUT2D eigenvalue weighted by Gasteiger charge is -2.33. The Hall–Kier alpha value is -0.770. The van der Waals surface area contributed by atoms with Crippen molar-refractivity contribution in [3.05, 3.63) is 0 Å². The Labute approximate surface area is 78.8 Å². The SMILES string of the molecule is COC(=O)N1CCO[C@@H](C(C)C)C1. The van der Waals surface area contributed by atoms with E-state index in [0.717, 1.165) is 0 Å². The third-order valence-corrected chi connectivity index (χ3v) is 2.27. The minimum absolute atomic E-state index is 0.146. The van der Waals surface area contributed by atoms with Crippen LogP contribution in [0, 0.1) is 5.92 Å². The lowest BCUT2D eigenvalue weighted by atomic mass is 10.1. The van der Waals surface area contributed by atoms with Gasteiger partial charge in [-0.05, 0) is 5.92 Å². The summed E-state index contributed by atoms with van der Waals surface area (Å²) in [4.78, 5) is 12.9. The minimum atomic E-state index is -0.256. The van der Waals surface area contributed by atoms with Gasteiger partial charge in [0.25, 0.3) is 0 Å². The van der Waals surface area contributed by atoms with Gasteiger partial charge >= 0.3 is 6.09 Å². The molecule has 0 aliphatic carbocycles. The number of hydrogen-bond donors (Lipinski definition) is 0. The molecule has 4 nitrogen and oxygen atoms in total. The maximum absolute atomic E-state index is 11.2. The van der Waals surface area contributed by atoms with Crippen molar-refractivity contribution < 1.29 is 14.3 Å². The Morgan fingerprint density at radius 2 is 2.31 bits per heavy atom. The van der Waals surface area contributed by atoms with Gasteiger partial charge in [0.2, 0.25) is 0 Å². The summed E-state index contributed by atoms with van der Waals surface area (Å²) in [7, 11) is 1.40. The van der Waals surface area contributed by atoms with Crippen molar-refractivity contribution in [1.82, 2.24) is 4.90 Å². The largest absolute Gasteiger partial charge is 0.453 e. The molecule has 0 bridgehead atoms. The first-order valence-electron chi connectivity index (χ1n) is 4.59. The average molecular weight is 187 g/mol. The molecular weight excluding hydrogens is 170 g/mol. The number of carbonyl (C=O) groups is 1. The van der Waals surface area contributed by atoms with Crippen LogP contribution in [-0.2, 0) is 9.47 Å². The number of amides is 1. The zero-order valence-electron chi connectivity index (χ0n) is 8.45. The van der Waals surface area contributed by atoms with E-state index in [1.165, 1.54) is 7.11 Å². The number of morpholine rings is 1. The second-order valence-corrected chi connectivity index (χ2v) is 3.57. The van der Waals surface area contributed by atoms with E-state index in [1.54, 1.807) is 4.90 Å². The van der Waals surface area contributed by atoms with Gasteiger partial charge in [0.1, 0.15) is 0 Å². The van der Waals surface area contributed by atoms with Crippen LogP contribution in [0.5, 0.6) is 0 Å². The molecule has 1 aliphatic rings. The van der Waals surface area contributed by atoms with Gasteiger partial charge in [0, 0.05) is 6.54 Å². The number of rotatable bonds is 1. The van der Waals surface area contributed by atoms with E-state index in [-0.39, 0.29) is 12.2 Å². The number of methoxy groups -OCH3 is 1. The lowest BCUT2D eigenvalue weighted by molar-refractivity contribution is -0.0452. The maximum atomic E-state index is 11.2. The van der Waals surface area contributed by atoms with E-state index in [4.69, 9.17) is 4.74 Å². The molecule has 0 aromatic heterocycles. The Morgan fingerprint density at radius 3 is 2.85 bits per heavy atom. The Morgan fingerprint density at radius 1 is 1.62 bits per heavy atom. The molecule has 1 aliphatic heterocycles. The van der Waals surface area contributed by atoms with Crippen LogP contribution in [0.2, 0.25) is 0 Å². The van der Waals surface area contributed by atoms with Crippen molar-refractivity contribution in [2.75, 3.05) is 26.8 Å². The van der Waals surface area contributed by atoms with E-state index in [0.29, 0.717) is 25.6 Å². The van der Waals surface area contributed by atoms with Gasteiger partial charge in [-0.3, -0.25) is 0 Å². The Bertz CT molecular complexity index is 182. The zero-order chi connectivity index (χ0) is 9.84. The molecule has 1 fully saturated rings. The number of hydrogen-bond acceptors (Lipinski definition) is 3. The minimum Gasteiger partial charge on any atom is -0.453 e. The van der Waals surface area contributed by atoms with Gasteiger partial charge in [-0.1, -0.05) is 13.8 Å². The summed E-state index contributed by atoms with van der Waals surface area (Å²) < 4.78 is 10.2. The summed E-state index contributed by atoms with van der Waals surface area (Å²) in [6.07, 6.45) is -0.109. The highest BCUT2D eigenvalue weighted by Gasteiger charge is 2.26. The molecule has 0 unspecified atom stereocenters. The lowest BCUT2D eigenvalue weighted by Crippen LogP contribution is -2.47. The second kappa shape index (κ2) is 4.46. The average Bonchev–Trinajstić information content (AvgIpc) is 2.17. The predicted molar refractivity (Wildman–Crippen MR) is 48.6 cm³/mol. The van der Waals surface area contributed by atoms with Crippen LogP contribution in [0.1, 0.15) is 13.8 Å². The van der Waals surface area contributed by atoms with Crippen molar-refractivity contribution in [2.24, 2.45) is 5.92 Å². The smallest absolute Gasteiger partial charge is 0.409 e. The molecule has 1 rings (SSSR count). The molecule has 0 N–H and O–H groups in total. The van der Waals surface area contributed by atoms with Crippen LogP contribution in [0.3, 0.4) is 0 Å². The molecule has 0 radical (unpaired) electrons. The van der Waals surface area contributed by atoms with E-state index in [2.05, 4.69) is 18.6 Å². The summed E-state index contributed by atoms with van der Waals surface area (Å²) in [5.74, 6) is 0.437. The van der Waals surface area contributed by atoms with Crippen LogP contribution in [0.15, 0.2) is 0 Å². The standard InChI is InChI=1S/C9H17NO3/c1-7(2)8-6-10(4-5-13-8)9(11)12-3/h7-8H,4-6H2,1-3H3/t8-/m1/s1. The van der Waals surface area contributed by atoms with Crippen molar-refractivity contribution in [2.45, 2.75) is 20.0 Å². The van der Waals surface area contributed by atoms with Crippen molar-refractivity contribution in [3.63, 3.8) is 0 Å². The van der Waals surface area contributed by atoms with Crippen molar-refractivity contribution in [1.29, 1.82) is 0 Å². The van der Waals surface area contributed by atoms with Crippen LogP contribution < -0.4 is 0 Å². The molecule has 0 aromatic carbocycles. The van der Waals surface area contributed by atoms with Crippen molar-refractivity contribution >= 4 is 6.09 Å². The van der Waals surface area contributed by atoms with Gasteiger partial charge in [0.05, 0.1) is 26.4 Å². The molecule has 1 atom stereocenters. The van der Waals surface area contributed by atoms with Crippen molar-refractivity contribution in [3.8, 4) is 0 Å². The highest BCUT2D eigenvalue weighted by Crippen LogP contribution is 2.13. The summed E-state index contributed by atoms with van der Waals surface area (Å²) in [6, 6.07) is 0. The molecule has 1 heterocycles. The number of ether oxygens (including phenoxy) is 2. The normalized spacial score (nSPS) is 23.4. The van der Waals surface area contributed by atoms with Gasteiger partial charge in [-0.2, -0.15) is 0 Å². The van der Waals surface area contributed by atoms with E-state index in [1.807, 2.05) is 0 Å². The molecule has 4 heteroatoms. The van der Waals surface area contributed by atoms with Crippen LogP contribution >= 0.6 is 0 Å². The van der Waals surface area contributed by atoms with Gasteiger partial charge in [-0.15, -0.1) is 0 Å². The summed E-state index contributed by atoms with van der Waals surface area (Å²) >= 11 is 0. The first-order chi connectivity index (χ1) is 6.15. The van der Waals surface area contributed by atoms with Gasteiger partial charge < -0.3 is 14.4 Å². The Kier molecular flexibility index (Phi) is 3.54. The first-order valence-corrected chi connectivity index (χ1v) is 4.59. The highest BCUT2D eigenvalue weighted by molar-refractivity contribution is 5.67. The molecule has 0 spiro atoms. The maximum Gasteiger partial charge on any atom is 0.409 e. The summed E-state index contributed by atoms with van der Waals surface area (Å²) in [5, 5.41) is 0. The van der Waals surface area contributed by atoms with Gasteiger partial charge in [0.15, 0.2) is 0 Å². The van der Waals surface area contributed by atoms with Crippen LogP contribution in [0.25, 0.3) is 0 Å². The first kappa shape index (κ1) is 10.3. The third-order valence-electron chi connectivity index (χ3n) is 2.27. The second-order valence-electron chi connectivity index (χ2n) is 3.57. The van der Waals surface area contributed by atoms with Crippen LogP contribution in [0.4, 0.5) is 4.79 Å². The summed E-state index contributed by atoms with van der Waals surface area (Å²) in [5.41, 5.74) is 0. The monoisotopic (exact) mass is 187 g/mol. The molecule has 13 heavy (non-hydrogen) atoms. The van der Waals surface area contributed by atoms with Crippen LogP contribution in [-0.4, -0.2) is 43.9 Å². The highest BCUT2D eigenvalue weighted by atomic mass is 16.5. The topological polar surface area (TPSA) is 38.8 Å². The number of nitrogens with zero attached hydrogens (tertiary/aromatic N) is 1.